The lowest BCUT2D eigenvalue weighted by molar-refractivity contribution is -0.136. The van der Waals surface area contributed by atoms with Crippen molar-refractivity contribution in [1.82, 2.24) is 4.40 Å². The van der Waals surface area contributed by atoms with E-state index in [0.29, 0.717) is 5.52 Å². The molecule has 0 aromatic carbocycles. The number of carbonyl (C=O) groups is 1. The van der Waals surface area contributed by atoms with Crippen molar-refractivity contribution in [2.75, 3.05) is 13.0 Å². The number of alkyl halides is 1. The van der Waals surface area contributed by atoms with E-state index in [2.05, 4.69) is 15.0 Å². The smallest absolute Gasteiger partial charge is 0.362 e. The Balaban J connectivity index is 2.62. The van der Waals surface area contributed by atoms with Crippen LogP contribution in [0.5, 0.6) is 0 Å². The van der Waals surface area contributed by atoms with E-state index in [-0.39, 0.29) is 17.1 Å². The summed E-state index contributed by atoms with van der Waals surface area (Å²) in [5, 5.41) is 26.0. The Labute approximate surface area is 140 Å². The van der Waals surface area contributed by atoms with Gasteiger partial charge in [-0.25, -0.2) is 4.79 Å². The van der Waals surface area contributed by atoms with E-state index in [1.807, 2.05) is 6.07 Å². The number of nitriles is 1. The first-order chi connectivity index (χ1) is 11.5. The number of nitrogens with zero attached hydrogens (tertiary/aromatic N) is 4. The molecule has 2 rings (SSSR count). The van der Waals surface area contributed by atoms with Crippen LogP contribution in [0.2, 0.25) is 0 Å². The van der Waals surface area contributed by atoms with E-state index >= 15 is 0 Å². The van der Waals surface area contributed by atoms with Gasteiger partial charge < -0.3 is 9.84 Å². The second-order valence-electron chi connectivity index (χ2n) is 4.44. The van der Waals surface area contributed by atoms with E-state index in [1.165, 1.54) is 16.7 Å². The van der Waals surface area contributed by atoms with Gasteiger partial charge in [0.1, 0.15) is 11.8 Å². The van der Waals surface area contributed by atoms with Crippen molar-refractivity contribution in [3.05, 3.63) is 57.8 Å². The highest BCUT2D eigenvalue weighted by Crippen LogP contribution is 2.17. The van der Waals surface area contributed by atoms with Crippen LogP contribution in [0.1, 0.15) is 5.56 Å². The fourth-order valence-electron chi connectivity index (χ4n) is 1.88. The topological polar surface area (TPSA) is 117 Å². The van der Waals surface area contributed by atoms with Crippen LogP contribution in [0.25, 0.3) is 5.52 Å². The van der Waals surface area contributed by atoms with Crippen LogP contribution in [-0.2, 0) is 9.53 Å². The average molecular weight is 347 g/mol. The number of aliphatic hydroxyl groups excluding tert-OH is 1. The molecule has 0 fully saturated rings. The van der Waals surface area contributed by atoms with Gasteiger partial charge in [0.2, 0.25) is 5.70 Å². The molecule has 0 saturated heterocycles. The highest BCUT2D eigenvalue weighted by Gasteiger charge is 2.16. The van der Waals surface area contributed by atoms with E-state index in [1.54, 1.807) is 18.2 Å². The van der Waals surface area contributed by atoms with Crippen molar-refractivity contribution in [3.8, 4) is 6.07 Å². The summed E-state index contributed by atoms with van der Waals surface area (Å²) in [4.78, 5) is 23.9. The summed E-state index contributed by atoms with van der Waals surface area (Å²) in [5.41, 5.74) is -0.629. The SMILES string of the molecule is COC(=O)/C(N=Nc1cc(C#N)c2ccccn2c1=O)=C(\O)CCl. The summed E-state index contributed by atoms with van der Waals surface area (Å²) in [6, 6.07) is 8.12. The van der Waals surface area contributed by atoms with Crippen molar-refractivity contribution in [2.45, 2.75) is 0 Å². The third-order valence-electron chi connectivity index (χ3n) is 3.01. The Morgan fingerprint density at radius 2 is 2.25 bits per heavy atom. The molecule has 24 heavy (non-hydrogen) atoms. The molecular formula is C15H11ClN4O4. The van der Waals surface area contributed by atoms with Gasteiger partial charge >= 0.3 is 5.97 Å². The van der Waals surface area contributed by atoms with Crippen molar-refractivity contribution >= 4 is 28.8 Å². The number of allylic oxidation sites excluding steroid dienone is 1. The number of ether oxygens (including phenoxy) is 1. The molecule has 0 aliphatic rings. The zero-order valence-corrected chi connectivity index (χ0v) is 13.2. The number of methoxy groups -OCH3 is 1. The number of pyridine rings is 2. The van der Waals surface area contributed by atoms with E-state index < -0.39 is 23.0 Å². The lowest BCUT2D eigenvalue weighted by Crippen LogP contribution is -2.13. The van der Waals surface area contributed by atoms with Gasteiger partial charge in [-0.15, -0.1) is 21.8 Å². The highest BCUT2D eigenvalue weighted by molar-refractivity contribution is 6.19. The largest absolute Gasteiger partial charge is 0.508 e. The first-order valence-electron chi connectivity index (χ1n) is 6.56. The van der Waals surface area contributed by atoms with Gasteiger partial charge in [0.15, 0.2) is 5.69 Å². The Morgan fingerprint density at radius 3 is 2.88 bits per heavy atom. The van der Waals surface area contributed by atoms with Crippen LogP contribution in [0.3, 0.4) is 0 Å². The van der Waals surface area contributed by atoms with Crippen molar-refractivity contribution in [1.29, 1.82) is 5.26 Å². The number of carbonyl (C=O) groups excluding carboxylic acids is 1. The third-order valence-corrected chi connectivity index (χ3v) is 3.26. The maximum absolute atomic E-state index is 12.4. The molecule has 8 nitrogen and oxygen atoms in total. The quantitative estimate of drug-likeness (QED) is 0.300. The van der Waals surface area contributed by atoms with Crippen LogP contribution in [0, 0.1) is 11.3 Å². The van der Waals surface area contributed by atoms with Crippen LogP contribution < -0.4 is 5.56 Å². The summed E-state index contributed by atoms with van der Waals surface area (Å²) >= 11 is 5.46. The van der Waals surface area contributed by atoms with Crippen molar-refractivity contribution in [2.24, 2.45) is 10.2 Å². The van der Waals surface area contributed by atoms with Gasteiger partial charge in [-0.2, -0.15) is 5.26 Å². The molecule has 0 spiro atoms. The van der Waals surface area contributed by atoms with Gasteiger partial charge in [0.25, 0.3) is 5.56 Å². The average Bonchev–Trinajstić information content (AvgIpc) is 2.62. The van der Waals surface area contributed by atoms with E-state index in [9.17, 15) is 20.0 Å². The fourth-order valence-corrected chi connectivity index (χ4v) is 2.00. The van der Waals surface area contributed by atoms with Gasteiger partial charge in [0, 0.05) is 6.20 Å². The molecule has 0 atom stereocenters. The monoisotopic (exact) mass is 346 g/mol. The summed E-state index contributed by atoms with van der Waals surface area (Å²) < 4.78 is 5.70. The van der Waals surface area contributed by atoms with Gasteiger partial charge in [-0.05, 0) is 18.2 Å². The van der Waals surface area contributed by atoms with Gasteiger partial charge in [0.05, 0.1) is 24.1 Å². The lowest BCUT2D eigenvalue weighted by atomic mass is 10.2. The fraction of sp³-hybridized carbons (Fsp3) is 0.133. The zero-order chi connectivity index (χ0) is 17.7. The minimum Gasteiger partial charge on any atom is -0.508 e. The van der Waals surface area contributed by atoms with Crippen LogP contribution in [0.4, 0.5) is 5.69 Å². The summed E-state index contributed by atoms with van der Waals surface area (Å²) in [6.45, 7) is 0. The Kier molecular flexibility index (Phi) is 5.29. The molecule has 0 bridgehead atoms. The number of aliphatic hydroxyl groups is 1. The molecule has 9 heteroatoms. The molecule has 1 N–H and O–H groups in total. The molecule has 0 unspecified atom stereocenters. The first kappa shape index (κ1) is 17.2. The summed E-state index contributed by atoms with van der Waals surface area (Å²) in [7, 11) is 1.10. The maximum atomic E-state index is 12.4. The number of aromatic nitrogens is 1. The molecular weight excluding hydrogens is 336 g/mol. The minimum atomic E-state index is -0.960. The standard InChI is InChI=1S/C15H11ClN4O4/c1-24-15(23)13(12(21)7-16)19-18-10-6-9(8-17)11-4-2-3-5-20(11)14(10)22/h2-6,21H,7H2,1H3/b13-12+,19-18?. The van der Waals surface area contributed by atoms with Crippen LogP contribution in [0.15, 0.2) is 56.9 Å². The third kappa shape index (κ3) is 3.26. The van der Waals surface area contributed by atoms with E-state index in [4.69, 9.17) is 11.6 Å². The number of hydrogen-bond acceptors (Lipinski definition) is 7. The molecule has 0 saturated carbocycles. The Morgan fingerprint density at radius 1 is 1.50 bits per heavy atom. The number of azo groups is 1. The Bertz CT molecular complexity index is 956. The molecule has 0 aliphatic heterocycles. The second kappa shape index (κ2) is 7.39. The van der Waals surface area contributed by atoms with Gasteiger partial charge in [-0.1, -0.05) is 6.07 Å². The number of esters is 1. The summed E-state index contributed by atoms with van der Waals surface area (Å²) in [6.07, 6.45) is 1.48. The van der Waals surface area contributed by atoms with Gasteiger partial charge in [-0.3, -0.25) is 9.20 Å². The number of rotatable bonds is 4. The molecule has 2 aromatic heterocycles. The van der Waals surface area contributed by atoms with Crippen molar-refractivity contribution < 1.29 is 14.6 Å². The number of hydrogen-bond donors (Lipinski definition) is 1. The second-order valence-corrected chi connectivity index (χ2v) is 4.70. The summed E-state index contributed by atoms with van der Waals surface area (Å²) in [5.74, 6) is -1.89. The number of halogens is 1. The minimum absolute atomic E-state index is 0.181. The van der Waals surface area contributed by atoms with Crippen LogP contribution >= 0.6 is 11.6 Å². The molecule has 0 amide bonds. The van der Waals surface area contributed by atoms with Crippen molar-refractivity contribution in [3.63, 3.8) is 0 Å². The molecule has 2 aromatic rings. The molecule has 122 valence electrons. The Hall–Kier alpha value is -3.18. The van der Waals surface area contributed by atoms with E-state index in [0.717, 1.165) is 7.11 Å². The lowest BCUT2D eigenvalue weighted by Gasteiger charge is -2.04. The highest BCUT2D eigenvalue weighted by atomic mass is 35.5. The first-order valence-corrected chi connectivity index (χ1v) is 7.09. The molecule has 0 radical (unpaired) electrons. The zero-order valence-electron chi connectivity index (χ0n) is 12.4. The predicted molar refractivity (Wildman–Crippen MR) is 85.3 cm³/mol. The molecule has 0 aliphatic carbocycles. The predicted octanol–water partition coefficient (Wildman–Crippen LogP) is 2.44. The number of fused-ring (bicyclic) bond motifs is 1. The maximum Gasteiger partial charge on any atom is 0.362 e. The molecule has 2 heterocycles. The normalized spacial score (nSPS) is 12.0. The van der Waals surface area contributed by atoms with Crippen LogP contribution in [-0.4, -0.2) is 28.5 Å².